The number of hydrogen-bond acceptors (Lipinski definition) is 1. The molecule has 0 N–H and O–H groups in total. The topological polar surface area (TPSA) is 9.23 Å². The number of halogens is 1. The van der Waals surface area contributed by atoms with Crippen LogP contribution in [-0.4, -0.2) is 0 Å². The Morgan fingerprint density at radius 2 is 1.89 bits per heavy atom. The average Bonchev–Trinajstić information content (AvgIpc) is 2.41. The van der Waals surface area contributed by atoms with Gasteiger partial charge in [-0.05, 0) is 46.8 Å². The van der Waals surface area contributed by atoms with Gasteiger partial charge in [0.1, 0.15) is 12.4 Å². The minimum absolute atomic E-state index is 0.599. The molecule has 2 rings (SSSR count). The molecule has 0 unspecified atom stereocenters. The van der Waals surface area contributed by atoms with E-state index in [1.165, 1.54) is 11.1 Å². The first kappa shape index (κ1) is 12.9. The highest BCUT2D eigenvalue weighted by atomic mass is 79.9. The van der Waals surface area contributed by atoms with Crippen LogP contribution in [0.15, 0.2) is 53.5 Å². The Kier molecular flexibility index (Phi) is 4.59. The molecule has 0 aliphatic carbocycles. The minimum atomic E-state index is 0.599. The van der Waals surface area contributed by atoms with Crippen molar-refractivity contribution in [2.75, 3.05) is 0 Å². The molecule has 0 fully saturated rings. The van der Waals surface area contributed by atoms with Crippen LogP contribution in [0.4, 0.5) is 0 Å². The van der Waals surface area contributed by atoms with Crippen LogP contribution in [0.25, 0.3) is 6.08 Å². The molecule has 0 bridgehead atoms. The molecule has 2 aromatic carbocycles. The van der Waals surface area contributed by atoms with Gasteiger partial charge in [0.25, 0.3) is 0 Å². The molecular weight excluding hydrogens is 288 g/mol. The first-order valence-corrected chi connectivity index (χ1v) is 6.75. The SMILES string of the molecule is Cc1ccc(OCc2ccccc2)cc1C=CBr. The second-order valence-electron chi connectivity index (χ2n) is 4.09. The van der Waals surface area contributed by atoms with Crippen LogP contribution < -0.4 is 4.74 Å². The lowest BCUT2D eigenvalue weighted by Gasteiger charge is -2.08. The van der Waals surface area contributed by atoms with E-state index >= 15 is 0 Å². The molecule has 2 heteroatoms. The third kappa shape index (κ3) is 3.47. The molecule has 92 valence electrons. The molecule has 1 nitrogen and oxygen atoms in total. The van der Waals surface area contributed by atoms with E-state index in [4.69, 9.17) is 4.74 Å². The van der Waals surface area contributed by atoms with E-state index in [0.717, 1.165) is 11.3 Å². The molecule has 0 aliphatic rings. The largest absolute Gasteiger partial charge is 0.489 e. The molecule has 0 radical (unpaired) electrons. The van der Waals surface area contributed by atoms with Crippen molar-refractivity contribution in [3.8, 4) is 5.75 Å². The van der Waals surface area contributed by atoms with E-state index in [9.17, 15) is 0 Å². The highest BCUT2D eigenvalue weighted by Gasteiger charge is 1.99. The van der Waals surface area contributed by atoms with Gasteiger partial charge in [-0.25, -0.2) is 0 Å². The van der Waals surface area contributed by atoms with Gasteiger partial charge in [0.15, 0.2) is 0 Å². The normalized spacial score (nSPS) is 10.8. The van der Waals surface area contributed by atoms with Crippen molar-refractivity contribution >= 4 is 22.0 Å². The van der Waals surface area contributed by atoms with Crippen LogP contribution in [0.3, 0.4) is 0 Å². The van der Waals surface area contributed by atoms with Crippen LogP contribution in [0.1, 0.15) is 16.7 Å². The Hall–Kier alpha value is -1.54. The number of ether oxygens (including phenoxy) is 1. The first-order chi connectivity index (χ1) is 8.79. The maximum Gasteiger partial charge on any atom is 0.120 e. The van der Waals surface area contributed by atoms with Gasteiger partial charge in [-0.1, -0.05) is 52.3 Å². The van der Waals surface area contributed by atoms with Crippen LogP contribution >= 0.6 is 15.9 Å². The summed E-state index contributed by atoms with van der Waals surface area (Å²) in [5.74, 6) is 0.894. The smallest absolute Gasteiger partial charge is 0.120 e. The van der Waals surface area contributed by atoms with Gasteiger partial charge in [0, 0.05) is 0 Å². The lowest BCUT2D eigenvalue weighted by atomic mass is 10.1. The summed E-state index contributed by atoms with van der Waals surface area (Å²) in [6.45, 7) is 2.69. The third-order valence-electron chi connectivity index (χ3n) is 2.74. The quantitative estimate of drug-likeness (QED) is 0.777. The summed E-state index contributed by atoms with van der Waals surface area (Å²) in [5, 5.41) is 0. The van der Waals surface area contributed by atoms with Gasteiger partial charge < -0.3 is 4.74 Å². The summed E-state index contributed by atoms with van der Waals surface area (Å²) >= 11 is 3.30. The molecule has 0 saturated carbocycles. The lowest BCUT2D eigenvalue weighted by Crippen LogP contribution is -1.95. The molecule has 0 saturated heterocycles. The molecule has 0 amide bonds. The standard InChI is InChI=1S/C16H15BrO/c1-13-7-8-16(11-15(13)9-10-17)18-12-14-5-3-2-4-6-14/h2-11H,12H2,1H3. The van der Waals surface area contributed by atoms with Gasteiger partial charge in [0.05, 0.1) is 0 Å². The average molecular weight is 303 g/mol. The van der Waals surface area contributed by atoms with Crippen molar-refractivity contribution in [1.82, 2.24) is 0 Å². The summed E-state index contributed by atoms with van der Waals surface area (Å²) in [7, 11) is 0. The van der Waals surface area contributed by atoms with Crippen LogP contribution in [-0.2, 0) is 6.61 Å². The van der Waals surface area contributed by atoms with E-state index in [-0.39, 0.29) is 0 Å². The summed E-state index contributed by atoms with van der Waals surface area (Å²) in [5.41, 5.74) is 3.57. The first-order valence-electron chi connectivity index (χ1n) is 5.84. The predicted octanol–water partition coefficient (Wildman–Crippen LogP) is 4.94. The molecule has 0 aromatic heterocycles. The highest BCUT2D eigenvalue weighted by Crippen LogP contribution is 2.20. The van der Waals surface area contributed by atoms with Gasteiger partial charge >= 0.3 is 0 Å². The van der Waals surface area contributed by atoms with Crippen molar-refractivity contribution in [3.05, 3.63) is 70.2 Å². The Balaban J connectivity index is 2.08. The van der Waals surface area contributed by atoms with E-state index in [2.05, 4.69) is 47.1 Å². The number of hydrogen-bond donors (Lipinski definition) is 0. The van der Waals surface area contributed by atoms with Gasteiger partial charge in [-0.3, -0.25) is 0 Å². The third-order valence-corrected chi connectivity index (χ3v) is 3.01. The number of rotatable bonds is 4. The second-order valence-corrected chi connectivity index (χ2v) is 4.61. The van der Waals surface area contributed by atoms with Crippen LogP contribution in [0, 0.1) is 6.92 Å². The Morgan fingerprint density at radius 3 is 2.61 bits per heavy atom. The summed E-state index contributed by atoms with van der Waals surface area (Å²) in [6, 6.07) is 16.3. The molecule has 2 aromatic rings. The zero-order valence-corrected chi connectivity index (χ0v) is 11.9. The summed E-state index contributed by atoms with van der Waals surface area (Å²) < 4.78 is 5.78. The fraction of sp³-hybridized carbons (Fsp3) is 0.125. The van der Waals surface area contributed by atoms with E-state index in [1.54, 1.807) is 0 Å². The van der Waals surface area contributed by atoms with E-state index in [1.807, 2.05) is 35.3 Å². The lowest BCUT2D eigenvalue weighted by molar-refractivity contribution is 0.306. The Labute approximate surface area is 116 Å². The van der Waals surface area contributed by atoms with Gasteiger partial charge in [-0.2, -0.15) is 0 Å². The van der Waals surface area contributed by atoms with Gasteiger partial charge in [-0.15, -0.1) is 0 Å². The van der Waals surface area contributed by atoms with Crippen molar-refractivity contribution in [2.45, 2.75) is 13.5 Å². The maximum atomic E-state index is 5.78. The Morgan fingerprint density at radius 1 is 1.11 bits per heavy atom. The fourth-order valence-corrected chi connectivity index (χ4v) is 1.98. The highest BCUT2D eigenvalue weighted by molar-refractivity contribution is 9.11. The summed E-state index contributed by atoms with van der Waals surface area (Å²) in [6.07, 6.45) is 2.02. The second kappa shape index (κ2) is 6.41. The maximum absolute atomic E-state index is 5.78. The molecule has 0 aliphatic heterocycles. The van der Waals surface area contributed by atoms with Crippen molar-refractivity contribution in [2.24, 2.45) is 0 Å². The molecule has 0 spiro atoms. The van der Waals surface area contributed by atoms with Crippen molar-refractivity contribution < 1.29 is 4.74 Å². The van der Waals surface area contributed by atoms with Crippen LogP contribution in [0.2, 0.25) is 0 Å². The molecular formula is C16H15BrO. The minimum Gasteiger partial charge on any atom is -0.489 e. The monoisotopic (exact) mass is 302 g/mol. The van der Waals surface area contributed by atoms with Crippen molar-refractivity contribution in [3.63, 3.8) is 0 Å². The molecule has 0 heterocycles. The number of aryl methyl sites for hydroxylation is 1. The van der Waals surface area contributed by atoms with Crippen molar-refractivity contribution in [1.29, 1.82) is 0 Å². The van der Waals surface area contributed by atoms with Crippen LogP contribution in [0.5, 0.6) is 5.75 Å². The molecule has 18 heavy (non-hydrogen) atoms. The predicted molar refractivity (Wildman–Crippen MR) is 79.9 cm³/mol. The van der Waals surface area contributed by atoms with Gasteiger partial charge in [0.2, 0.25) is 0 Å². The zero-order valence-electron chi connectivity index (χ0n) is 10.3. The van der Waals surface area contributed by atoms with E-state index in [0.29, 0.717) is 6.61 Å². The summed E-state index contributed by atoms with van der Waals surface area (Å²) in [4.78, 5) is 1.86. The molecule has 0 atom stereocenters. The number of benzene rings is 2. The Bertz CT molecular complexity index is 532. The zero-order chi connectivity index (χ0) is 12.8. The van der Waals surface area contributed by atoms with E-state index < -0.39 is 0 Å². The fourth-order valence-electron chi connectivity index (χ4n) is 1.70.